The Morgan fingerprint density at radius 1 is 1.06 bits per heavy atom. The van der Waals surface area contributed by atoms with Gasteiger partial charge in [-0.05, 0) is 35.4 Å². The molecule has 0 aliphatic rings. The van der Waals surface area contributed by atoms with Gasteiger partial charge in [-0.1, -0.05) is 60.7 Å². The van der Waals surface area contributed by atoms with E-state index in [2.05, 4.69) is 20.6 Å². The van der Waals surface area contributed by atoms with Gasteiger partial charge in [0.2, 0.25) is 15.9 Å². The fourth-order valence-electron chi connectivity index (χ4n) is 5.46. The number of ether oxygens (including phenoxy) is 1. The number of rotatable bonds is 16. The monoisotopic (exact) mass is 760 g/mol. The lowest BCUT2D eigenvalue weighted by atomic mass is 9.84. The van der Waals surface area contributed by atoms with Gasteiger partial charge in [0.05, 0.1) is 52.3 Å². The van der Waals surface area contributed by atoms with Crippen molar-refractivity contribution in [2.24, 2.45) is 5.73 Å². The van der Waals surface area contributed by atoms with E-state index in [9.17, 15) is 27.9 Å². The molecule has 2 aromatic heterocycles. The Morgan fingerprint density at radius 3 is 2.37 bits per heavy atom. The largest absolute Gasteiger partial charge is 0.453 e. The number of benzene rings is 3. The van der Waals surface area contributed by atoms with Crippen LogP contribution in [0.1, 0.15) is 17.0 Å². The second-order valence-electron chi connectivity index (χ2n) is 11.3. The van der Waals surface area contributed by atoms with Crippen LogP contribution < -0.4 is 16.4 Å². The first kappa shape index (κ1) is 38.1. The second kappa shape index (κ2) is 17.9. The number of alkyl carbamates (subject to hydrolysis) is 1. The maximum absolute atomic E-state index is 14.2. The number of carbonyl (C=O) groups excluding carboxylic acids is 3. The fourth-order valence-corrected chi connectivity index (χ4v) is 9.05. The van der Waals surface area contributed by atoms with Crippen LogP contribution in [0.15, 0.2) is 124 Å². The number of aldehydes is 1. The molecule has 0 bridgehead atoms. The van der Waals surface area contributed by atoms with Gasteiger partial charge in [-0.3, -0.25) is 14.6 Å². The zero-order valence-corrected chi connectivity index (χ0v) is 30.3. The molecule has 5 aromatic rings. The van der Waals surface area contributed by atoms with E-state index in [-0.39, 0.29) is 21.9 Å². The summed E-state index contributed by atoms with van der Waals surface area (Å²) in [5.41, 5.74) is 9.70. The number of methoxy groups -OCH3 is 1. The molecule has 2 atom stereocenters. The minimum Gasteiger partial charge on any atom is -0.453 e. The zero-order chi connectivity index (χ0) is 37.1. The van der Waals surface area contributed by atoms with Crippen molar-refractivity contribution in [1.29, 1.82) is 0 Å². The molecule has 0 unspecified atom stereocenters. The van der Waals surface area contributed by atoms with Crippen molar-refractivity contribution < 1.29 is 32.6 Å². The maximum Gasteiger partial charge on any atom is 0.407 e. The predicted molar refractivity (Wildman–Crippen MR) is 200 cm³/mol. The Kier molecular flexibility index (Phi) is 13.1. The van der Waals surface area contributed by atoms with Crippen LogP contribution in [-0.2, 0) is 24.3 Å². The summed E-state index contributed by atoms with van der Waals surface area (Å²) in [6, 6.07) is 22.5. The van der Waals surface area contributed by atoms with Crippen molar-refractivity contribution in [2.45, 2.75) is 27.8 Å². The summed E-state index contributed by atoms with van der Waals surface area (Å²) in [5.74, 6) is -1.18. The standard InChI is InChI=1S/C36H36N6O7S3/c1-49-36(46)41-34(33(25-8-4-2-5-9-25)26-10-6-3-7-11-26)35(45)40-30-18-38-15-14-31(30)50-22-27(21-44)42(19-24(17-37)20-43)52(47,48)28-12-13-29-32(16-28)51-23-39-29/h2-18,20,23,27,33-34,44H,19,21-22,37H2,1H3,(H,40,45)(H,41,46)/t27-,34+/m1/s1. The Labute approximate surface area is 309 Å². The van der Waals surface area contributed by atoms with E-state index in [1.807, 2.05) is 60.7 Å². The van der Waals surface area contributed by atoms with Gasteiger partial charge < -0.3 is 26.2 Å². The second-order valence-corrected chi connectivity index (χ2v) is 15.2. The molecule has 16 heteroatoms. The molecule has 52 heavy (non-hydrogen) atoms. The molecule has 0 fully saturated rings. The number of anilines is 1. The molecule has 0 aliphatic heterocycles. The zero-order valence-electron chi connectivity index (χ0n) is 27.9. The maximum atomic E-state index is 14.2. The normalized spacial score (nSPS) is 13.1. The summed E-state index contributed by atoms with van der Waals surface area (Å²) >= 11 is 2.44. The minimum absolute atomic E-state index is 0.00158. The van der Waals surface area contributed by atoms with Crippen LogP contribution in [0.4, 0.5) is 10.5 Å². The average molecular weight is 761 g/mol. The number of nitrogens with zero attached hydrogens (tertiary/aromatic N) is 3. The first-order valence-corrected chi connectivity index (χ1v) is 19.1. The Hall–Kier alpha value is -5.13. The van der Waals surface area contributed by atoms with Gasteiger partial charge in [0, 0.05) is 41.1 Å². The molecule has 5 rings (SSSR count). The molecule has 2 heterocycles. The highest BCUT2D eigenvalue weighted by Gasteiger charge is 2.35. The summed E-state index contributed by atoms with van der Waals surface area (Å²) in [7, 11) is -3.06. The third kappa shape index (κ3) is 9.02. The first-order chi connectivity index (χ1) is 25.2. The molecule has 13 nitrogen and oxygen atoms in total. The van der Waals surface area contributed by atoms with E-state index in [1.54, 1.807) is 17.6 Å². The Bertz CT molecular complexity index is 2090. The number of hydrogen-bond donors (Lipinski definition) is 4. The summed E-state index contributed by atoms with van der Waals surface area (Å²) in [4.78, 5) is 47.4. The third-order valence-corrected chi connectivity index (χ3v) is 12.0. The van der Waals surface area contributed by atoms with Crippen LogP contribution in [0, 0.1) is 0 Å². The minimum atomic E-state index is -4.27. The van der Waals surface area contributed by atoms with Gasteiger partial charge in [-0.25, -0.2) is 18.2 Å². The highest BCUT2D eigenvalue weighted by atomic mass is 32.2. The van der Waals surface area contributed by atoms with Crippen LogP contribution in [0.3, 0.4) is 0 Å². The highest BCUT2D eigenvalue weighted by Crippen LogP contribution is 2.33. The van der Waals surface area contributed by atoms with E-state index in [0.717, 1.165) is 33.4 Å². The molecule has 0 aliphatic carbocycles. The highest BCUT2D eigenvalue weighted by molar-refractivity contribution is 7.99. The van der Waals surface area contributed by atoms with Crippen LogP contribution in [-0.4, -0.2) is 84.2 Å². The number of pyridine rings is 1. The lowest BCUT2D eigenvalue weighted by Crippen LogP contribution is -2.48. The van der Waals surface area contributed by atoms with Crippen molar-refractivity contribution in [1.82, 2.24) is 19.6 Å². The number of thiazole rings is 1. The molecule has 270 valence electrons. The number of aliphatic hydroxyl groups is 1. The van der Waals surface area contributed by atoms with E-state index >= 15 is 0 Å². The third-order valence-electron chi connectivity index (χ3n) is 8.09. The van der Waals surface area contributed by atoms with Crippen LogP contribution >= 0.6 is 23.1 Å². The van der Waals surface area contributed by atoms with Gasteiger partial charge in [0.1, 0.15) is 12.3 Å². The van der Waals surface area contributed by atoms with E-state index in [1.165, 1.54) is 43.0 Å². The average Bonchev–Trinajstić information content (AvgIpc) is 3.65. The van der Waals surface area contributed by atoms with Gasteiger partial charge in [0.15, 0.2) is 0 Å². The molecule has 3 aromatic carbocycles. The number of aromatic nitrogens is 2. The summed E-state index contributed by atoms with van der Waals surface area (Å²) < 4.78 is 34.7. The molecule has 2 amide bonds. The number of nitrogens with two attached hydrogens (primary N) is 1. The molecule has 0 saturated carbocycles. The van der Waals surface area contributed by atoms with Crippen molar-refractivity contribution in [3.63, 3.8) is 0 Å². The van der Waals surface area contributed by atoms with E-state index in [0.29, 0.717) is 21.4 Å². The summed E-state index contributed by atoms with van der Waals surface area (Å²) in [6.45, 7) is -0.991. The number of thioether (sulfide) groups is 1. The smallest absolute Gasteiger partial charge is 0.407 e. The number of fused-ring (bicyclic) bond motifs is 1. The molecule has 0 spiro atoms. The quantitative estimate of drug-likeness (QED) is 0.0634. The van der Waals surface area contributed by atoms with Gasteiger partial charge in [-0.15, -0.1) is 23.1 Å². The lowest BCUT2D eigenvalue weighted by Gasteiger charge is -2.30. The molecular formula is C36H36N6O7S3. The number of sulfonamides is 1. The number of aliphatic hydroxyl groups excluding tert-OH is 1. The Balaban J connectivity index is 1.44. The molecule has 5 N–H and O–H groups in total. The van der Waals surface area contributed by atoms with Crippen LogP contribution in [0.2, 0.25) is 0 Å². The van der Waals surface area contributed by atoms with Gasteiger partial charge >= 0.3 is 6.09 Å². The fraction of sp³-hybridized carbons (Fsp3) is 0.194. The molecular weight excluding hydrogens is 725 g/mol. The summed E-state index contributed by atoms with van der Waals surface area (Å²) in [6.07, 6.45) is 3.62. The number of carbonyl (C=O) groups is 3. The Morgan fingerprint density at radius 2 is 1.75 bits per heavy atom. The summed E-state index contributed by atoms with van der Waals surface area (Å²) in [5, 5.41) is 16.1. The van der Waals surface area contributed by atoms with Gasteiger partial charge in [-0.2, -0.15) is 4.31 Å². The van der Waals surface area contributed by atoms with E-state index in [4.69, 9.17) is 10.5 Å². The van der Waals surface area contributed by atoms with Crippen molar-refractivity contribution in [2.75, 3.05) is 31.3 Å². The number of nitrogens with one attached hydrogen (secondary N) is 2. The van der Waals surface area contributed by atoms with Gasteiger partial charge in [0.25, 0.3) is 0 Å². The van der Waals surface area contributed by atoms with Crippen LogP contribution in [0.5, 0.6) is 0 Å². The van der Waals surface area contributed by atoms with Crippen molar-refractivity contribution >= 4 is 67.3 Å². The SMILES string of the molecule is COC(=O)N[C@H](C(=O)Nc1cnccc1SC[C@@H](CO)N(CC(C=O)=CN)S(=O)(=O)c1ccc2ncsc2c1)C(c1ccccc1)c1ccccc1. The lowest BCUT2D eigenvalue weighted by molar-refractivity contribution is -0.118. The topological polar surface area (TPSA) is 194 Å². The van der Waals surface area contributed by atoms with Crippen LogP contribution in [0.25, 0.3) is 10.2 Å². The van der Waals surface area contributed by atoms with E-state index < -0.39 is 53.2 Å². The number of hydrogen-bond acceptors (Lipinski definition) is 12. The van der Waals surface area contributed by atoms with Crippen molar-refractivity contribution in [3.8, 4) is 0 Å². The molecule has 0 saturated heterocycles. The van der Waals surface area contributed by atoms with Crippen molar-refractivity contribution in [3.05, 3.63) is 126 Å². The molecule has 0 radical (unpaired) electrons. The number of amides is 2. The first-order valence-electron chi connectivity index (χ1n) is 15.8. The predicted octanol–water partition coefficient (Wildman–Crippen LogP) is 4.37.